The summed E-state index contributed by atoms with van der Waals surface area (Å²) >= 11 is 0. The van der Waals surface area contributed by atoms with Gasteiger partial charge in [0.05, 0.1) is 31.0 Å². The first-order valence-corrected chi connectivity index (χ1v) is 25.1. The topological polar surface area (TPSA) is 189 Å². The summed E-state index contributed by atoms with van der Waals surface area (Å²) in [5, 5.41) is 72.6. The maximum Gasteiger partial charge on any atom is 0.149 e. The van der Waals surface area contributed by atoms with Crippen LogP contribution < -0.4 is 24.3 Å². The van der Waals surface area contributed by atoms with Crippen molar-refractivity contribution < 1.29 is 59.1 Å². The van der Waals surface area contributed by atoms with E-state index in [9.17, 15) is 30.6 Å². The highest BCUT2D eigenvalue weighted by atomic mass is 16.5. The zero-order valence-electron chi connectivity index (χ0n) is 39.8. The molecule has 70 heavy (non-hydrogen) atoms. The molecule has 10 rings (SSSR count). The van der Waals surface area contributed by atoms with Gasteiger partial charge in [-0.2, -0.15) is 0 Å². The molecule has 0 spiro atoms. The van der Waals surface area contributed by atoms with Crippen molar-refractivity contribution >= 4 is 10.8 Å². The molecule has 2 saturated carbocycles. The first kappa shape index (κ1) is 47.9. The van der Waals surface area contributed by atoms with Gasteiger partial charge in [0.25, 0.3) is 0 Å². The molecule has 5 aliphatic rings. The van der Waals surface area contributed by atoms with Gasteiger partial charge in [0.2, 0.25) is 0 Å². The number of nitrogens with one attached hydrogen (secondary N) is 1. The van der Waals surface area contributed by atoms with Gasteiger partial charge in [-0.3, -0.25) is 5.32 Å². The van der Waals surface area contributed by atoms with E-state index in [2.05, 4.69) is 17.2 Å². The minimum Gasteiger partial charge on any atom is -0.508 e. The molecule has 3 heterocycles. The number of ether oxygens (including phenoxy) is 6. The lowest BCUT2D eigenvalue weighted by molar-refractivity contribution is -0.147. The Bertz CT molecular complexity index is 2720. The second kappa shape index (κ2) is 20.9. The number of rotatable bonds is 14. The summed E-state index contributed by atoms with van der Waals surface area (Å²) in [6, 6.07) is 22.7. The van der Waals surface area contributed by atoms with Crippen molar-refractivity contribution in [2.45, 2.75) is 126 Å². The number of aliphatic hydroxyl groups excluding tert-OH is 2. The summed E-state index contributed by atoms with van der Waals surface area (Å²) in [4.78, 5) is 0. The van der Waals surface area contributed by atoms with Crippen LogP contribution in [0.2, 0.25) is 0 Å². The van der Waals surface area contributed by atoms with Gasteiger partial charge in [-0.15, -0.1) is 0 Å². The first-order chi connectivity index (χ1) is 34.1. The van der Waals surface area contributed by atoms with E-state index in [0.717, 1.165) is 60.8 Å². The number of aliphatic hydroxyl groups is 3. The average Bonchev–Trinajstić information content (AvgIpc) is 4.03. The lowest BCUT2D eigenvalue weighted by atomic mass is 9.72. The molecule has 2 bridgehead atoms. The van der Waals surface area contributed by atoms with E-state index < -0.39 is 48.0 Å². The fourth-order valence-corrected chi connectivity index (χ4v) is 11.8. The third-order valence-electron chi connectivity index (χ3n) is 15.1. The van der Waals surface area contributed by atoms with Crippen molar-refractivity contribution in [2.75, 3.05) is 33.5 Å². The lowest BCUT2D eigenvalue weighted by Gasteiger charge is -2.48. The third kappa shape index (κ3) is 10.1. The summed E-state index contributed by atoms with van der Waals surface area (Å²) in [7, 11) is 1.67. The van der Waals surface area contributed by atoms with E-state index >= 15 is 0 Å². The normalized spacial score (nSPS) is 25.1. The van der Waals surface area contributed by atoms with Crippen LogP contribution >= 0.6 is 0 Å². The molecular weight excluding hydrogens is 891 g/mol. The molecule has 0 radical (unpaired) electrons. The molecule has 13 nitrogen and oxygen atoms in total. The molecular formula is C57H65NO12. The fourth-order valence-electron chi connectivity index (χ4n) is 11.8. The highest BCUT2D eigenvalue weighted by molar-refractivity contribution is 5.96. The second-order valence-corrected chi connectivity index (χ2v) is 19.8. The lowest BCUT2D eigenvalue weighted by Crippen LogP contribution is -2.55. The smallest absolute Gasteiger partial charge is 0.149 e. The standard InChI is InChI=1S/C57H65NO12/c1-65-24-9-15-50-52(56-46-32-51(44-30-39(62)17-19-43(44)55(46)70-50)66-25-7-4-14-48(49(69-56)20-23-59)58-57(64)21-5-6-22-57)47-33-67-54-36(29-41(31-45(54)53(47)63)68-40-12-2-3-13-40)26-35-28-38(61)16-18-42(35)34-10-8-11-37(60)27-34/h8,10-11,16-19,27-32,40,47-50,52-53,56,58-64H,2-3,5-6,9,12-15,20-26,33H2,1H3. The zero-order chi connectivity index (χ0) is 48.4. The number of hydrogen-bond acceptors (Lipinski definition) is 13. The number of benzene rings is 5. The van der Waals surface area contributed by atoms with Crippen molar-refractivity contribution in [3.8, 4) is 63.2 Å². The van der Waals surface area contributed by atoms with Crippen molar-refractivity contribution in [1.82, 2.24) is 5.32 Å². The minimum atomic E-state index is -1.12. The predicted octanol–water partition coefficient (Wildman–Crippen LogP) is 8.90. The molecule has 7 atom stereocenters. The van der Waals surface area contributed by atoms with Crippen LogP contribution in [0.4, 0.5) is 0 Å². The SMILES string of the molecule is COCCCC1Oc2c3cc(c4cc(O)ccc24)OCC#CCC(NC2(O)CCCC2)C(CCO)OC3C1C1COc2c(Cc3cc(O)ccc3-c3cccc(O)c3)cc(OC3CCCC3)cc2C1O. The largest absolute Gasteiger partial charge is 0.508 e. The van der Waals surface area contributed by atoms with Crippen molar-refractivity contribution in [3.05, 3.63) is 101 Å². The molecule has 0 amide bonds. The second-order valence-electron chi connectivity index (χ2n) is 19.8. The molecule has 13 heteroatoms. The number of fused-ring (bicyclic) bond motifs is 5. The van der Waals surface area contributed by atoms with Crippen LogP contribution in [-0.2, 0) is 15.9 Å². The van der Waals surface area contributed by atoms with Crippen molar-refractivity contribution in [1.29, 1.82) is 0 Å². The van der Waals surface area contributed by atoms with Gasteiger partial charge in [-0.25, -0.2) is 0 Å². The Morgan fingerprint density at radius 3 is 2.39 bits per heavy atom. The van der Waals surface area contributed by atoms with E-state index in [4.69, 9.17) is 28.4 Å². The van der Waals surface area contributed by atoms with Crippen LogP contribution in [0.15, 0.2) is 78.9 Å². The van der Waals surface area contributed by atoms with E-state index in [1.54, 1.807) is 49.6 Å². The fraction of sp³-hybridized carbons (Fsp3) is 0.474. The van der Waals surface area contributed by atoms with E-state index in [1.165, 1.54) is 0 Å². The van der Waals surface area contributed by atoms with Crippen LogP contribution in [0.25, 0.3) is 21.9 Å². The molecule has 5 aromatic carbocycles. The van der Waals surface area contributed by atoms with Crippen LogP contribution in [0.5, 0.6) is 40.2 Å². The summed E-state index contributed by atoms with van der Waals surface area (Å²) in [5.74, 6) is 7.78. The van der Waals surface area contributed by atoms with Crippen LogP contribution in [-0.4, -0.2) is 94.3 Å². The minimum absolute atomic E-state index is 0.0233. The van der Waals surface area contributed by atoms with Crippen LogP contribution in [0.3, 0.4) is 0 Å². The van der Waals surface area contributed by atoms with Gasteiger partial charge in [0.1, 0.15) is 58.7 Å². The Morgan fingerprint density at radius 2 is 1.59 bits per heavy atom. The number of methoxy groups -OCH3 is 1. The first-order valence-electron chi connectivity index (χ1n) is 25.1. The Hall–Kier alpha value is -5.72. The predicted molar refractivity (Wildman–Crippen MR) is 263 cm³/mol. The van der Waals surface area contributed by atoms with Gasteiger partial charge in [-0.05, 0) is 148 Å². The Balaban J connectivity index is 1.10. The van der Waals surface area contributed by atoms with Gasteiger partial charge < -0.3 is 59.1 Å². The molecule has 2 aliphatic carbocycles. The number of aromatic hydroxyl groups is 3. The number of phenols is 3. The van der Waals surface area contributed by atoms with Gasteiger partial charge >= 0.3 is 0 Å². The highest BCUT2D eigenvalue weighted by Gasteiger charge is 2.51. The van der Waals surface area contributed by atoms with Gasteiger partial charge in [0.15, 0.2) is 0 Å². The number of phenolic OH excluding ortho intramolecular Hbond substituents is 3. The average molecular weight is 956 g/mol. The summed E-state index contributed by atoms with van der Waals surface area (Å²) < 4.78 is 40.4. The molecule has 3 aliphatic heterocycles. The number of hydrogen-bond donors (Lipinski definition) is 7. The van der Waals surface area contributed by atoms with Gasteiger partial charge in [-0.1, -0.05) is 30.0 Å². The van der Waals surface area contributed by atoms with E-state index in [0.29, 0.717) is 90.0 Å². The van der Waals surface area contributed by atoms with E-state index in [1.807, 2.05) is 36.4 Å². The summed E-state index contributed by atoms with van der Waals surface area (Å²) in [6.45, 7) is 0.452. The quantitative estimate of drug-likeness (QED) is 0.0318. The monoisotopic (exact) mass is 955 g/mol. The molecule has 7 N–H and O–H groups in total. The molecule has 5 aromatic rings. The highest BCUT2D eigenvalue weighted by Crippen LogP contribution is 2.55. The molecule has 0 aromatic heterocycles. The van der Waals surface area contributed by atoms with Crippen LogP contribution in [0, 0.1) is 23.7 Å². The maximum absolute atomic E-state index is 13.2. The van der Waals surface area contributed by atoms with E-state index in [-0.39, 0.29) is 49.6 Å². The molecule has 2 fully saturated rings. The third-order valence-corrected chi connectivity index (χ3v) is 15.1. The maximum atomic E-state index is 13.2. The molecule has 0 saturated heterocycles. The van der Waals surface area contributed by atoms with Crippen LogP contribution in [0.1, 0.15) is 112 Å². The van der Waals surface area contributed by atoms with Crippen molar-refractivity contribution in [3.63, 3.8) is 0 Å². The molecule has 7 unspecified atom stereocenters. The summed E-state index contributed by atoms with van der Waals surface area (Å²) in [5.41, 5.74) is 3.34. The van der Waals surface area contributed by atoms with Gasteiger partial charge in [0, 0.05) is 78.5 Å². The Morgan fingerprint density at radius 1 is 0.786 bits per heavy atom. The summed E-state index contributed by atoms with van der Waals surface area (Å²) in [6.07, 6.45) is 5.97. The Kier molecular flexibility index (Phi) is 14.3. The Labute approximate surface area is 409 Å². The zero-order valence-corrected chi connectivity index (χ0v) is 39.8. The molecule has 370 valence electrons. The van der Waals surface area contributed by atoms with Crippen molar-refractivity contribution in [2.24, 2.45) is 11.8 Å².